The lowest BCUT2D eigenvalue weighted by Crippen LogP contribution is -2.46. The van der Waals surface area contributed by atoms with Crippen LogP contribution in [0.4, 0.5) is 0 Å². The third-order valence-corrected chi connectivity index (χ3v) is 4.99. The number of carbonyl (C=O) groups is 2. The quantitative estimate of drug-likeness (QED) is 0.639. The second-order valence-electron chi connectivity index (χ2n) is 6.25. The molecule has 1 aliphatic heterocycles. The van der Waals surface area contributed by atoms with Crippen LogP contribution in [0.3, 0.4) is 0 Å². The van der Waals surface area contributed by atoms with Crippen molar-refractivity contribution in [3.8, 4) is 23.0 Å². The summed E-state index contributed by atoms with van der Waals surface area (Å²) >= 11 is 1.05. The number of benzene rings is 2. The van der Waals surface area contributed by atoms with Crippen LogP contribution in [-0.2, 0) is 9.59 Å². The highest BCUT2D eigenvalue weighted by Crippen LogP contribution is 2.31. The monoisotopic (exact) mass is 411 g/mol. The molecule has 1 N–H and O–H groups in total. The molecule has 0 saturated carbocycles. The molecule has 0 spiro atoms. The van der Waals surface area contributed by atoms with E-state index in [0.717, 1.165) is 22.9 Å². The molecule has 2 amide bonds. The smallest absolute Gasteiger partial charge is 0.277 e. The number of ether oxygens (including phenoxy) is 2. The molecule has 3 aromatic rings. The number of para-hydroxylation sites is 2. The summed E-state index contributed by atoms with van der Waals surface area (Å²) in [5, 5.41) is 10.5. The number of nitrogens with one attached hydrogen (secondary N) is 1. The number of carbonyl (C=O) groups excluding carboxylic acids is 2. The fourth-order valence-corrected chi connectivity index (χ4v) is 3.28. The lowest BCUT2D eigenvalue weighted by molar-refractivity contribution is -0.135. The Morgan fingerprint density at radius 3 is 2.69 bits per heavy atom. The van der Waals surface area contributed by atoms with E-state index in [1.165, 1.54) is 0 Å². The van der Waals surface area contributed by atoms with Crippen LogP contribution < -0.4 is 14.8 Å². The second kappa shape index (κ2) is 8.36. The molecule has 2 heterocycles. The van der Waals surface area contributed by atoms with Gasteiger partial charge in [0.25, 0.3) is 11.1 Å². The topological polar surface area (TPSA) is 104 Å². The molecule has 0 saturated heterocycles. The van der Waals surface area contributed by atoms with Crippen LogP contribution in [0.15, 0.2) is 58.2 Å². The largest absolute Gasteiger partial charge is 0.485 e. The summed E-state index contributed by atoms with van der Waals surface area (Å²) in [7, 11) is 0. The maximum absolute atomic E-state index is 12.3. The van der Waals surface area contributed by atoms with E-state index in [0.29, 0.717) is 17.4 Å². The summed E-state index contributed by atoms with van der Waals surface area (Å²) < 4.78 is 16.7. The number of imide groups is 1. The molecule has 9 heteroatoms. The van der Waals surface area contributed by atoms with E-state index in [9.17, 15) is 9.59 Å². The molecule has 8 nitrogen and oxygen atoms in total. The van der Waals surface area contributed by atoms with Crippen molar-refractivity contribution in [2.45, 2.75) is 18.3 Å². The van der Waals surface area contributed by atoms with Gasteiger partial charge in [-0.3, -0.25) is 14.9 Å². The molecular formula is C20H17N3O5S. The first-order valence-electron chi connectivity index (χ1n) is 8.84. The van der Waals surface area contributed by atoms with E-state index in [-0.39, 0.29) is 17.6 Å². The molecule has 1 aromatic heterocycles. The second-order valence-corrected chi connectivity index (χ2v) is 7.18. The van der Waals surface area contributed by atoms with E-state index in [1.807, 2.05) is 37.3 Å². The lowest BCUT2D eigenvalue weighted by atomic mass is 10.1. The molecular weight excluding hydrogens is 394 g/mol. The van der Waals surface area contributed by atoms with Crippen LogP contribution in [0.5, 0.6) is 11.5 Å². The molecule has 29 heavy (non-hydrogen) atoms. The van der Waals surface area contributed by atoms with Crippen LogP contribution in [-0.4, -0.2) is 40.5 Å². The highest BCUT2D eigenvalue weighted by atomic mass is 32.2. The van der Waals surface area contributed by atoms with Gasteiger partial charge >= 0.3 is 0 Å². The Balaban J connectivity index is 1.30. The normalized spacial score (nSPS) is 15.0. The first-order valence-corrected chi connectivity index (χ1v) is 9.83. The predicted molar refractivity (Wildman–Crippen MR) is 105 cm³/mol. The fraction of sp³-hybridized carbons (Fsp3) is 0.200. The van der Waals surface area contributed by atoms with Crippen molar-refractivity contribution in [1.82, 2.24) is 15.5 Å². The number of rotatable bonds is 5. The molecule has 1 atom stereocenters. The Hall–Kier alpha value is -3.33. The summed E-state index contributed by atoms with van der Waals surface area (Å²) in [6.07, 6.45) is -0.894. The third-order valence-electron chi connectivity index (χ3n) is 4.17. The van der Waals surface area contributed by atoms with E-state index in [2.05, 4.69) is 15.5 Å². The maximum Gasteiger partial charge on any atom is 0.277 e. The summed E-state index contributed by atoms with van der Waals surface area (Å²) in [4.78, 5) is 24.4. The van der Waals surface area contributed by atoms with E-state index >= 15 is 0 Å². The molecule has 0 unspecified atom stereocenters. The zero-order chi connectivity index (χ0) is 20.2. The summed E-state index contributed by atoms with van der Waals surface area (Å²) in [5.74, 6) is 0.322. The number of nitrogens with zero attached hydrogens (tertiary/aromatic N) is 2. The van der Waals surface area contributed by atoms with Gasteiger partial charge in [0.1, 0.15) is 6.61 Å². The molecule has 148 valence electrons. The van der Waals surface area contributed by atoms with Gasteiger partial charge in [-0.15, -0.1) is 10.2 Å². The van der Waals surface area contributed by atoms with Gasteiger partial charge in [0.05, 0.1) is 5.75 Å². The average molecular weight is 411 g/mol. The van der Waals surface area contributed by atoms with Gasteiger partial charge in [-0.1, -0.05) is 42.1 Å². The molecule has 4 rings (SSSR count). The van der Waals surface area contributed by atoms with Crippen LogP contribution in [0.25, 0.3) is 11.5 Å². The summed E-state index contributed by atoms with van der Waals surface area (Å²) in [6.45, 7) is 1.98. The van der Waals surface area contributed by atoms with Crippen molar-refractivity contribution in [3.05, 3.63) is 54.1 Å². The van der Waals surface area contributed by atoms with Crippen LogP contribution >= 0.6 is 11.8 Å². The minimum absolute atomic E-state index is 0.0344. The molecule has 2 aromatic carbocycles. The van der Waals surface area contributed by atoms with Gasteiger partial charge in [-0.25, -0.2) is 0 Å². The van der Waals surface area contributed by atoms with Gasteiger partial charge in [-0.05, 0) is 30.7 Å². The maximum atomic E-state index is 12.3. The number of amides is 2. The van der Waals surface area contributed by atoms with E-state index in [1.54, 1.807) is 18.2 Å². The minimum Gasteiger partial charge on any atom is -0.485 e. The molecule has 0 radical (unpaired) electrons. The Morgan fingerprint density at radius 2 is 1.86 bits per heavy atom. The third kappa shape index (κ3) is 4.40. The number of hydrogen-bond donors (Lipinski definition) is 1. The van der Waals surface area contributed by atoms with Crippen molar-refractivity contribution in [1.29, 1.82) is 0 Å². The molecule has 0 aliphatic carbocycles. The zero-order valence-corrected chi connectivity index (χ0v) is 16.3. The van der Waals surface area contributed by atoms with Crippen molar-refractivity contribution < 1.29 is 23.5 Å². The Kier molecular flexibility index (Phi) is 5.48. The first kappa shape index (κ1) is 19.0. The predicted octanol–water partition coefficient (Wildman–Crippen LogP) is 2.62. The van der Waals surface area contributed by atoms with E-state index in [4.69, 9.17) is 13.9 Å². The van der Waals surface area contributed by atoms with Crippen molar-refractivity contribution in [3.63, 3.8) is 0 Å². The fourth-order valence-electron chi connectivity index (χ4n) is 2.72. The Morgan fingerprint density at radius 1 is 1.10 bits per heavy atom. The molecule has 1 aliphatic rings. The van der Waals surface area contributed by atoms with Crippen LogP contribution in [0, 0.1) is 6.92 Å². The highest BCUT2D eigenvalue weighted by molar-refractivity contribution is 7.99. The number of hydrogen-bond acceptors (Lipinski definition) is 8. The Labute approximate surface area is 170 Å². The number of aromatic nitrogens is 2. The van der Waals surface area contributed by atoms with E-state index < -0.39 is 17.9 Å². The SMILES string of the molecule is Cc1ccccc1-c1nnc(SCC(=O)NC(=O)[C@@H]2COc3ccccc3O2)o1. The summed E-state index contributed by atoms with van der Waals surface area (Å²) in [6, 6.07) is 14.7. The van der Waals surface area contributed by atoms with Crippen molar-refractivity contribution in [2.75, 3.05) is 12.4 Å². The van der Waals surface area contributed by atoms with Crippen LogP contribution in [0.2, 0.25) is 0 Å². The van der Waals surface area contributed by atoms with Gasteiger partial charge < -0.3 is 13.9 Å². The summed E-state index contributed by atoms with van der Waals surface area (Å²) in [5.41, 5.74) is 1.84. The van der Waals surface area contributed by atoms with Gasteiger partial charge in [0.15, 0.2) is 11.5 Å². The molecule has 0 fully saturated rings. The Bertz CT molecular complexity index is 1050. The highest BCUT2D eigenvalue weighted by Gasteiger charge is 2.28. The standard InChI is InChI=1S/C20H17N3O5S/c1-12-6-2-3-7-13(12)19-22-23-20(28-19)29-11-17(24)21-18(25)16-10-26-14-8-4-5-9-15(14)27-16/h2-9,16H,10-11H2,1H3,(H,21,24,25)/t16-/m0/s1. The van der Waals surface area contributed by atoms with Crippen LogP contribution in [0.1, 0.15) is 5.56 Å². The molecule has 0 bridgehead atoms. The number of thioether (sulfide) groups is 1. The average Bonchev–Trinajstić information content (AvgIpc) is 3.21. The number of aryl methyl sites for hydroxylation is 1. The van der Waals surface area contributed by atoms with Gasteiger partial charge in [0.2, 0.25) is 17.9 Å². The number of fused-ring (bicyclic) bond motifs is 1. The first-order chi connectivity index (χ1) is 14.1. The minimum atomic E-state index is -0.894. The van der Waals surface area contributed by atoms with Crippen molar-refractivity contribution >= 4 is 23.6 Å². The van der Waals surface area contributed by atoms with Crippen molar-refractivity contribution in [2.24, 2.45) is 0 Å². The zero-order valence-electron chi connectivity index (χ0n) is 15.5. The lowest BCUT2D eigenvalue weighted by Gasteiger charge is -2.25. The van der Waals surface area contributed by atoms with Gasteiger partial charge in [0, 0.05) is 5.56 Å². The van der Waals surface area contributed by atoms with Gasteiger partial charge in [-0.2, -0.15) is 0 Å².